The van der Waals surface area contributed by atoms with Crippen LogP contribution in [0.3, 0.4) is 0 Å². The molecule has 0 atom stereocenters. The van der Waals surface area contributed by atoms with Gasteiger partial charge in [0.15, 0.2) is 0 Å². The van der Waals surface area contributed by atoms with Crippen LogP contribution < -0.4 is 10.9 Å². The Labute approximate surface area is 113 Å². The molecule has 0 spiro atoms. The smallest absolute Gasteiger partial charge is 0.348 e. The number of rotatable bonds is 1. The van der Waals surface area contributed by atoms with Crippen LogP contribution in [0.15, 0.2) is 50.6 Å². The van der Waals surface area contributed by atoms with Crippen molar-refractivity contribution in [3.63, 3.8) is 0 Å². The van der Waals surface area contributed by atoms with Gasteiger partial charge in [-0.2, -0.15) is 0 Å². The van der Waals surface area contributed by atoms with Crippen molar-refractivity contribution in [2.45, 2.75) is 11.8 Å². The van der Waals surface area contributed by atoms with Crippen LogP contribution in [-0.4, -0.2) is 5.11 Å². The highest BCUT2D eigenvalue weighted by Gasteiger charge is 2.19. The lowest BCUT2D eigenvalue weighted by Crippen LogP contribution is -2.09. The van der Waals surface area contributed by atoms with Crippen LogP contribution in [0.4, 0.5) is 5.69 Å². The van der Waals surface area contributed by atoms with E-state index in [-0.39, 0.29) is 11.3 Å². The van der Waals surface area contributed by atoms with E-state index < -0.39 is 5.63 Å². The zero-order valence-electron chi connectivity index (χ0n) is 10.1. The summed E-state index contributed by atoms with van der Waals surface area (Å²) in [7, 11) is 0. The number of nitrogens with one attached hydrogen (secondary N) is 1. The SMILES string of the molecule is Cc1cc(O)c(C2=CNc3ccccc3S2)c(=O)o1. The monoisotopic (exact) mass is 273 g/mol. The second kappa shape index (κ2) is 4.51. The normalized spacial score (nSPS) is 13.4. The largest absolute Gasteiger partial charge is 0.507 e. The zero-order chi connectivity index (χ0) is 13.4. The second-order valence-electron chi connectivity index (χ2n) is 4.16. The minimum atomic E-state index is -0.530. The van der Waals surface area contributed by atoms with Crippen molar-refractivity contribution in [3.8, 4) is 5.75 Å². The molecule has 2 N–H and O–H groups in total. The van der Waals surface area contributed by atoms with Gasteiger partial charge in [0.25, 0.3) is 0 Å². The lowest BCUT2D eigenvalue weighted by molar-refractivity contribution is 0.432. The van der Waals surface area contributed by atoms with Gasteiger partial charge in [-0.25, -0.2) is 4.79 Å². The second-order valence-corrected chi connectivity index (χ2v) is 5.24. The highest BCUT2D eigenvalue weighted by atomic mass is 32.2. The quantitative estimate of drug-likeness (QED) is 0.835. The summed E-state index contributed by atoms with van der Waals surface area (Å²) in [6.45, 7) is 1.63. The molecule has 0 saturated heterocycles. The molecule has 96 valence electrons. The van der Waals surface area contributed by atoms with E-state index in [0.717, 1.165) is 10.6 Å². The summed E-state index contributed by atoms with van der Waals surface area (Å²) in [5.41, 5.74) is 0.641. The average molecular weight is 273 g/mol. The highest BCUT2D eigenvalue weighted by molar-refractivity contribution is 8.08. The maximum Gasteiger partial charge on any atom is 0.348 e. The highest BCUT2D eigenvalue weighted by Crippen LogP contribution is 2.42. The van der Waals surface area contributed by atoms with Gasteiger partial charge in [0.2, 0.25) is 0 Å². The molecule has 0 fully saturated rings. The molecule has 4 nitrogen and oxygen atoms in total. The Kier molecular flexibility index (Phi) is 2.83. The molecule has 1 aromatic heterocycles. The van der Waals surface area contributed by atoms with Gasteiger partial charge in [0, 0.05) is 22.1 Å². The topological polar surface area (TPSA) is 62.5 Å². The van der Waals surface area contributed by atoms with Gasteiger partial charge in [-0.05, 0) is 19.1 Å². The van der Waals surface area contributed by atoms with Crippen LogP contribution >= 0.6 is 11.8 Å². The number of para-hydroxylation sites is 1. The van der Waals surface area contributed by atoms with E-state index in [4.69, 9.17) is 4.42 Å². The fourth-order valence-corrected chi connectivity index (χ4v) is 2.94. The summed E-state index contributed by atoms with van der Waals surface area (Å²) in [6.07, 6.45) is 1.70. The number of anilines is 1. The third kappa shape index (κ3) is 2.13. The van der Waals surface area contributed by atoms with Crippen molar-refractivity contribution in [1.82, 2.24) is 0 Å². The van der Waals surface area contributed by atoms with E-state index >= 15 is 0 Å². The number of thioether (sulfide) groups is 1. The van der Waals surface area contributed by atoms with E-state index in [1.165, 1.54) is 17.8 Å². The van der Waals surface area contributed by atoms with Crippen molar-refractivity contribution in [3.05, 3.63) is 58.3 Å². The Morgan fingerprint density at radius 1 is 1.32 bits per heavy atom. The predicted molar refractivity (Wildman–Crippen MR) is 75.3 cm³/mol. The summed E-state index contributed by atoms with van der Waals surface area (Å²) in [4.78, 5) is 13.5. The number of aromatic hydroxyl groups is 1. The van der Waals surface area contributed by atoms with Crippen molar-refractivity contribution in [1.29, 1.82) is 0 Å². The number of benzene rings is 1. The maximum absolute atomic E-state index is 11.9. The lowest BCUT2D eigenvalue weighted by atomic mass is 10.2. The summed E-state index contributed by atoms with van der Waals surface area (Å²) < 4.78 is 5.03. The third-order valence-electron chi connectivity index (χ3n) is 2.77. The molecule has 1 aliphatic heterocycles. The van der Waals surface area contributed by atoms with Crippen LogP contribution in [0.2, 0.25) is 0 Å². The number of hydrogen-bond acceptors (Lipinski definition) is 5. The zero-order valence-corrected chi connectivity index (χ0v) is 11.0. The number of fused-ring (bicyclic) bond motifs is 1. The Morgan fingerprint density at radius 2 is 2.11 bits per heavy atom. The van der Waals surface area contributed by atoms with Crippen LogP contribution in [-0.2, 0) is 0 Å². The Morgan fingerprint density at radius 3 is 2.89 bits per heavy atom. The fraction of sp³-hybridized carbons (Fsp3) is 0.0714. The lowest BCUT2D eigenvalue weighted by Gasteiger charge is -2.17. The third-order valence-corrected chi connectivity index (χ3v) is 3.88. The van der Waals surface area contributed by atoms with Gasteiger partial charge in [-0.3, -0.25) is 0 Å². The molecule has 5 heteroatoms. The molecule has 2 aromatic rings. The van der Waals surface area contributed by atoms with Gasteiger partial charge in [0.05, 0.1) is 5.69 Å². The summed E-state index contributed by atoms with van der Waals surface area (Å²) in [6, 6.07) is 9.20. The Hall–Kier alpha value is -2.14. The average Bonchev–Trinajstić information content (AvgIpc) is 2.37. The van der Waals surface area contributed by atoms with Crippen molar-refractivity contribution in [2.75, 3.05) is 5.32 Å². The molecule has 2 heterocycles. The fourth-order valence-electron chi connectivity index (χ4n) is 1.91. The van der Waals surface area contributed by atoms with Crippen LogP contribution in [0, 0.1) is 6.92 Å². The molecule has 3 rings (SSSR count). The molecule has 1 aliphatic rings. The summed E-state index contributed by atoms with van der Waals surface area (Å²) in [5, 5.41) is 13.0. The molecule has 0 aliphatic carbocycles. The van der Waals surface area contributed by atoms with E-state index in [9.17, 15) is 9.90 Å². The van der Waals surface area contributed by atoms with Crippen LogP contribution in [0.1, 0.15) is 11.3 Å². The molecule has 0 amide bonds. The molecular weight excluding hydrogens is 262 g/mol. The predicted octanol–water partition coefficient (Wildman–Crippen LogP) is 3.17. The van der Waals surface area contributed by atoms with E-state index in [1.807, 2.05) is 24.3 Å². The van der Waals surface area contributed by atoms with Crippen molar-refractivity contribution < 1.29 is 9.52 Å². The molecule has 0 bridgehead atoms. The number of aryl methyl sites for hydroxylation is 1. The van der Waals surface area contributed by atoms with Gasteiger partial charge < -0.3 is 14.8 Å². The minimum Gasteiger partial charge on any atom is -0.507 e. The van der Waals surface area contributed by atoms with E-state index in [1.54, 1.807) is 13.1 Å². The number of hydrogen-bond donors (Lipinski definition) is 2. The molecule has 19 heavy (non-hydrogen) atoms. The van der Waals surface area contributed by atoms with Gasteiger partial charge in [0.1, 0.15) is 17.1 Å². The van der Waals surface area contributed by atoms with Gasteiger partial charge in [-0.1, -0.05) is 23.9 Å². The molecule has 0 radical (unpaired) electrons. The van der Waals surface area contributed by atoms with Crippen molar-refractivity contribution in [2.24, 2.45) is 0 Å². The van der Waals surface area contributed by atoms with Gasteiger partial charge >= 0.3 is 5.63 Å². The first kappa shape index (κ1) is 11.9. The first-order valence-electron chi connectivity index (χ1n) is 5.73. The molecule has 0 saturated carbocycles. The van der Waals surface area contributed by atoms with Crippen molar-refractivity contribution >= 4 is 22.4 Å². The first-order chi connectivity index (χ1) is 9.15. The summed E-state index contributed by atoms with van der Waals surface area (Å²) >= 11 is 1.42. The first-order valence-corrected chi connectivity index (χ1v) is 6.54. The Balaban J connectivity index is 2.07. The van der Waals surface area contributed by atoms with Crippen LogP contribution in [0.25, 0.3) is 4.91 Å². The maximum atomic E-state index is 11.9. The van der Waals surface area contributed by atoms with Gasteiger partial charge in [-0.15, -0.1) is 0 Å². The molecular formula is C14H11NO3S. The van der Waals surface area contributed by atoms with E-state index in [2.05, 4.69) is 5.32 Å². The van der Waals surface area contributed by atoms with E-state index in [0.29, 0.717) is 10.7 Å². The molecule has 0 unspecified atom stereocenters. The Bertz CT molecular complexity index is 734. The minimum absolute atomic E-state index is 0.0614. The summed E-state index contributed by atoms with van der Waals surface area (Å²) in [5.74, 6) is 0.328. The van der Waals surface area contributed by atoms with Crippen LogP contribution in [0.5, 0.6) is 5.75 Å². The molecule has 1 aromatic carbocycles. The standard InChI is InChI=1S/C14H11NO3S/c1-8-6-10(16)13(14(17)18-8)12-7-15-9-4-2-3-5-11(9)19-12/h2-7,15-16H,1H3.